The molecule has 0 aliphatic carbocycles. The van der Waals surface area contributed by atoms with Gasteiger partial charge in [0.15, 0.2) is 0 Å². The van der Waals surface area contributed by atoms with Gasteiger partial charge in [0.2, 0.25) is 0 Å². The molecule has 0 N–H and O–H groups in total. The second-order valence-corrected chi connectivity index (χ2v) is 4.81. The smallest absolute Gasteiger partial charge is 0.0102 e. The van der Waals surface area contributed by atoms with Gasteiger partial charge in [0, 0.05) is 0 Å². The zero-order chi connectivity index (χ0) is 13.2. The molecule has 0 spiro atoms. The molecule has 0 bridgehead atoms. The first-order chi connectivity index (χ1) is 9.29. The largest absolute Gasteiger partial charge is 0.0991 e. The van der Waals surface area contributed by atoms with Crippen LogP contribution in [-0.4, -0.2) is 0 Å². The van der Waals surface area contributed by atoms with Gasteiger partial charge in [-0.25, -0.2) is 0 Å². The Labute approximate surface area is 113 Å². The molecule has 3 aromatic rings. The Morgan fingerprint density at radius 3 is 2.32 bits per heavy atom. The maximum Gasteiger partial charge on any atom is -0.0102 e. The summed E-state index contributed by atoms with van der Waals surface area (Å²) in [5, 5.41) is 5.16. The molecule has 0 amide bonds. The van der Waals surface area contributed by atoms with Crippen LogP contribution in [0.5, 0.6) is 0 Å². The van der Waals surface area contributed by atoms with E-state index in [1.54, 1.807) is 0 Å². The summed E-state index contributed by atoms with van der Waals surface area (Å²) in [6, 6.07) is 19.5. The molecule has 0 radical (unpaired) electrons. The molecule has 0 aliphatic heterocycles. The van der Waals surface area contributed by atoms with Crippen molar-refractivity contribution in [1.82, 2.24) is 0 Å². The van der Waals surface area contributed by atoms with Crippen LogP contribution in [0, 0.1) is 0 Å². The lowest BCUT2D eigenvalue weighted by Gasteiger charge is -2.08. The molecule has 0 aromatic heterocycles. The van der Waals surface area contributed by atoms with Gasteiger partial charge in [0.25, 0.3) is 0 Å². The van der Waals surface area contributed by atoms with E-state index in [0.717, 1.165) is 0 Å². The van der Waals surface area contributed by atoms with Crippen molar-refractivity contribution in [2.24, 2.45) is 0 Å². The number of hydrogen-bond acceptors (Lipinski definition) is 0. The summed E-state index contributed by atoms with van der Waals surface area (Å²) in [7, 11) is 0. The standard InChI is InChI=1S/C19H16/c1-3-7-14(2)18-11-6-10-17-12-15-8-4-5-9-16(15)13-19(17)18/h3-13H,1H2,2H3/b14-7-. The SMILES string of the molecule is C=C/C=C(/C)c1cccc2cc3ccccc3cc12. The highest BCUT2D eigenvalue weighted by Gasteiger charge is 2.03. The summed E-state index contributed by atoms with van der Waals surface area (Å²) in [5.41, 5.74) is 2.53. The summed E-state index contributed by atoms with van der Waals surface area (Å²) >= 11 is 0. The number of allylic oxidation sites excluding steroid dienone is 3. The van der Waals surface area contributed by atoms with E-state index in [1.165, 1.54) is 32.7 Å². The number of hydrogen-bond donors (Lipinski definition) is 0. The summed E-state index contributed by atoms with van der Waals surface area (Å²) in [4.78, 5) is 0. The van der Waals surface area contributed by atoms with E-state index >= 15 is 0 Å². The van der Waals surface area contributed by atoms with Gasteiger partial charge in [0.1, 0.15) is 0 Å². The van der Waals surface area contributed by atoms with E-state index in [-0.39, 0.29) is 0 Å². The number of benzene rings is 3. The summed E-state index contributed by atoms with van der Waals surface area (Å²) < 4.78 is 0. The van der Waals surface area contributed by atoms with Crippen LogP contribution in [0.1, 0.15) is 12.5 Å². The number of rotatable bonds is 2. The van der Waals surface area contributed by atoms with Crippen molar-refractivity contribution < 1.29 is 0 Å². The fourth-order valence-electron chi connectivity index (χ4n) is 2.58. The van der Waals surface area contributed by atoms with Crippen molar-refractivity contribution >= 4 is 27.1 Å². The van der Waals surface area contributed by atoms with E-state index in [0.29, 0.717) is 0 Å². The summed E-state index contributed by atoms with van der Waals surface area (Å²) in [6.07, 6.45) is 3.90. The van der Waals surface area contributed by atoms with Gasteiger partial charge in [0.05, 0.1) is 0 Å². The Morgan fingerprint density at radius 2 is 1.58 bits per heavy atom. The maximum atomic E-state index is 3.78. The van der Waals surface area contributed by atoms with Crippen LogP contribution in [-0.2, 0) is 0 Å². The van der Waals surface area contributed by atoms with E-state index in [2.05, 4.69) is 74.2 Å². The van der Waals surface area contributed by atoms with Gasteiger partial charge in [-0.1, -0.05) is 61.2 Å². The Bertz CT molecular complexity index is 791. The number of fused-ring (bicyclic) bond motifs is 2. The zero-order valence-corrected chi connectivity index (χ0v) is 11.1. The molecule has 0 aliphatic rings. The fraction of sp³-hybridized carbons (Fsp3) is 0.0526. The first-order valence-corrected chi connectivity index (χ1v) is 6.51. The zero-order valence-electron chi connectivity index (χ0n) is 11.1. The van der Waals surface area contributed by atoms with Gasteiger partial charge in [-0.2, -0.15) is 0 Å². The molecular weight excluding hydrogens is 228 g/mol. The molecule has 92 valence electrons. The van der Waals surface area contributed by atoms with Gasteiger partial charge in [-0.05, 0) is 51.7 Å². The predicted octanol–water partition coefficient (Wildman–Crippen LogP) is 5.58. The molecule has 0 nitrogen and oxygen atoms in total. The van der Waals surface area contributed by atoms with Crippen molar-refractivity contribution in [2.45, 2.75) is 6.92 Å². The third-order valence-corrected chi connectivity index (χ3v) is 3.54. The quantitative estimate of drug-likeness (QED) is 0.407. The fourth-order valence-corrected chi connectivity index (χ4v) is 2.58. The van der Waals surface area contributed by atoms with Crippen molar-refractivity contribution in [3.05, 3.63) is 78.9 Å². The van der Waals surface area contributed by atoms with Crippen molar-refractivity contribution in [2.75, 3.05) is 0 Å². The normalized spacial score (nSPS) is 11.9. The monoisotopic (exact) mass is 244 g/mol. The average Bonchev–Trinajstić information content (AvgIpc) is 2.44. The summed E-state index contributed by atoms with van der Waals surface area (Å²) in [5.74, 6) is 0. The molecule has 0 atom stereocenters. The molecule has 0 heterocycles. The topological polar surface area (TPSA) is 0 Å². The molecule has 0 fully saturated rings. The first-order valence-electron chi connectivity index (χ1n) is 6.51. The van der Waals surface area contributed by atoms with E-state index in [9.17, 15) is 0 Å². The van der Waals surface area contributed by atoms with Crippen LogP contribution in [0.15, 0.2) is 73.3 Å². The highest BCUT2D eigenvalue weighted by Crippen LogP contribution is 2.29. The van der Waals surface area contributed by atoms with Gasteiger partial charge >= 0.3 is 0 Å². The third kappa shape index (κ3) is 2.06. The molecule has 3 aromatic carbocycles. The minimum absolute atomic E-state index is 1.25. The van der Waals surface area contributed by atoms with E-state index in [1.807, 2.05) is 6.08 Å². The minimum atomic E-state index is 1.25. The van der Waals surface area contributed by atoms with Crippen LogP contribution in [0.3, 0.4) is 0 Å². The van der Waals surface area contributed by atoms with Crippen LogP contribution >= 0.6 is 0 Å². The molecule has 0 saturated heterocycles. The maximum absolute atomic E-state index is 3.78. The van der Waals surface area contributed by atoms with E-state index < -0.39 is 0 Å². The lowest BCUT2D eigenvalue weighted by atomic mass is 9.96. The molecular formula is C19H16. The van der Waals surface area contributed by atoms with Gasteiger partial charge in [-0.15, -0.1) is 0 Å². The van der Waals surface area contributed by atoms with Crippen LogP contribution in [0.4, 0.5) is 0 Å². The van der Waals surface area contributed by atoms with Crippen LogP contribution in [0.25, 0.3) is 27.1 Å². The Hall–Kier alpha value is -2.34. The Balaban J connectivity index is 2.38. The Kier molecular flexibility index (Phi) is 2.92. The van der Waals surface area contributed by atoms with Crippen molar-refractivity contribution in [3.8, 4) is 0 Å². The highest BCUT2D eigenvalue weighted by atomic mass is 14.1. The molecule has 0 saturated carbocycles. The highest BCUT2D eigenvalue weighted by molar-refractivity contribution is 6.02. The van der Waals surface area contributed by atoms with Crippen molar-refractivity contribution in [3.63, 3.8) is 0 Å². The molecule has 0 heteroatoms. The van der Waals surface area contributed by atoms with Gasteiger partial charge in [-0.3, -0.25) is 0 Å². The molecule has 0 unspecified atom stereocenters. The van der Waals surface area contributed by atoms with E-state index in [4.69, 9.17) is 0 Å². The first kappa shape index (κ1) is 11.7. The minimum Gasteiger partial charge on any atom is -0.0991 e. The van der Waals surface area contributed by atoms with Gasteiger partial charge < -0.3 is 0 Å². The average molecular weight is 244 g/mol. The molecule has 19 heavy (non-hydrogen) atoms. The summed E-state index contributed by atoms with van der Waals surface area (Å²) in [6.45, 7) is 5.91. The lowest BCUT2D eigenvalue weighted by molar-refractivity contribution is 1.63. The van der Waals surface area contributed by atoms with Crippen LogP contribution in [0.2, 0.25) is 0 Å². The third-order valence-electron chi connectivity index (χ3n) is 3.54. The van der Waals surface area contributed by atoms with Crippen LogP contribution < -0.4 is 0 Å². The lowest BCUT2D eigenvalue weighted by Crippen LogP contribution is -1.84. The second-order valence-electron chi connectivity index (χ2n) is 4.81. The second kappa shape index (κ2) is 4.74. The molecule has 3 rings (SSSR count). The predicted molar refractivity (Wildman–Crippen MR) is 85.3 cm³/mol. The van der Waals surface area contributed by atoms with Crippen molar-refractivity contribution in [1.29, 1.82) is 0 Å². The Morgan fingerprint density at radius 1 is 0.895 bits per heavy atom.